The monoisotopic (exact) mass is 250 g/mol. The van der Waals surface area contributed by atoms with E-state index in [0.717, 1.165) is 30.8 Å². The predicted molar refractivity (Wildman–Crippen MR) is 69.1 cm³/mol. The largest absolute Gasteiger partial charge is 0.314 e. The molecule has 1 fully saturated rings. The van der Waals surface area contributed by atoms with Crippen molar-refractivity contribution in [3.05, 3.63) is 45.3 Å². The van der Waals surface area contributed by atoms with Gasteiger partial charge in [0.1, 0.15) is 0 Å². The van der Waals surface area contributed by atoms with Gasteiger partial charge in [0.05, 0.1) is 0 Å². The first-order valence-corrected chi connectivity index (χ1v) is 6.18. The molecule has 5 heteroatoms. The maximum Gasteiger partial charge on any atom is 0.0406 e. The van der Waals surface area contributed by atoms with Crippen LogP contribution in [-0.2, 0) is 6.42 Å². The molecule has 2 atom stereocenters. The lowest BCUT2D eigenvalue weighted by atomic mass is 9.95. The van der Waals surface area contributed by atoms with E-state index in [2.05, 4.69) is 15.3 Å². The number of rotatable bonds is 3. The SMILES string of the molecule is [N-]=[N+]=N[C@H]1CCN[C@H](Cc2ccc(Cl)cc2)C1. The van der Waals surface area contributed by atoms with E-state index in [4.69, 9.17) is 17.1 Å². The van der Waals surface area contributed by atoms with Crippen molar-refractivity contribution < 1.29 is 0 Å². The number of benzene rings is 1. The lowest BCUT2D eigenvalue weighted by Crippen LogP contribution is -2.40. The van der Waals surface area contributed by atoms with Gasteiger partial charge in [-0.25, -0.2) is 0 Å². The van der Waals surface area contributed by atoms with Gasteiger partial charge < -0.3 is 5.32 Å². The van der Waals surface area contributed by atoms with Gasteiger partial charge in [-0.05, 0) is 49.0 Å². The van der Waals surface area contributed by atoms with Gasteiger partial charge in [-0.3, -0.25) is 0 Å². The topological polar surface area (TPSA) is 60.8 Å². The van der Waals surface area contributed by atoms with Gasteiger partial charge in [-0.1, -0.05) is 28.8 Å². The number of hydrogen-bond donors (Lipinski definition) is 1. The molecule has 0 aliphatic carbocycles. The minimum absolute atomic E-state index is 0.138. The van der Waals surface area contributed by atoms with Crippen LogP contribution in [0.1, 0.15) is 18.4 Å². The molecule has 17 heavy (non-hydrogen) atoms. The fourth-order valence-electron chi connectivity index (χ4n) is 2.22. The van der Waals surface area contributed by atoms with Crippen LogP contribution in [0.5, 0.6) is 0 Å². The first-order valence-electron chi connectivity index (χ1n) is 5.80. The Morgan fingerprint density at radius 1 is 1.41 bits per heavy atom. The summed E-state index contributed by atoms with van der Waals surface area (Å²) in [6, 6.07) is 8.43. The van der Waals surface area contributed by atoms with Crippen molar-refractivity contribution in [3.63, 3.8) is 0 Å². The van der Waals surface area contributed by atoms with E-state index in [-0.39, 0.29) is 6.04 Å². The average molecular weight is 251 g/mol. The Labute approximate surface area is 106 Å². The number of nitrogens with one attached hydrogen (secondary N) is 1. The quantitative estimate of drug-likeness (QED) is 0.499. The Morgan fingerprint density at radius 2 is 2.18 bits per heavy atom. The fourth-order valence-corrected chi connectivity index (χ4v) is 2.35. The highest BCUT2D eigenvalue weighted by Gasteiger charge is 2.20. The van der Waals surface area contributed by atoms with E-state index in [0.29, 0.717) is 6.04 Å². The van der Waals surface area contributed by atoms with Gasteiger partial charge in [0.25, 0.3) is 0 Å². The van der Waals surface area contributed by atoms with Crippen LogP contribution in [0, 0.1) is 0 Å². The molecular weight excluding hydrogens is 236 g/mol. The van der Waals surface area contributed by atoms with Gasteiger partial charge in [0.15, 0.2) is 0 Å². The third kappa shape index (κ3) is 3.63. The van der Waals surface area contributed by atoms with Crippen LogP contribution in [-0.4, -0.2) is 18.6 Å². The molecule has 0 aromatic heterocycles. The summed E-state index contributed by atoms with van der Waals surface area (Å²) in [6.07, 6.45) is 2.79. The summed E-state index contributed by atoms with van der Waals surface area (Å²) in [5, 5.41) is 8.02. The van der Waals surface area contributed by atoms with Crippen LogP contribution in [0.15, 0.2) is 29.4 Å². The standard InChI is InChI=1S/C12H15ClN4/c13-10-3-1-9(2-4-10)7-12-8-11(16-17-14)5-6-15-12/h1-4,11-12,15H,5-8H2/t11-,12+/m0/s1. The molecule has 1 saturated heterocycles. The summed E-state index contributed by atoms with van der Waals surface area (Å²) >= 11 is 5.85. The van der Waals surface area contributed by atoms with Crippen molar-refractivity contribution in [2.45, 2.75) is 31.3 Å². The first kappa shape index (κ1) is 12.2. The van der Waals surface area contributed by atoms with Gasteiger partial charge in [-0.15, -0.1) is 0 Å². The molecule has 4 nitrogen and oxygen atoms in total. The van der Waals surface area contributed by atoms with E-state index >= 15 is 0 Å². The number of hydrogen-bond acceptors (Lipinski definition) is 2. The molecule has 0 radical (unpaired) electrons. The molecular formula is C12H15ClN4. The third-order valence-corrected chi connectivity index (χ3v) is 3.33. The van der Waals surface area contributed by atoms with Crippen molar-refractivity contribution in [1.29, 1.82) is 0 Å². The molecule has 1 heterocycles. The summed E-state index contributed by atoms with van der Waals surface area (Å²) in [6.45, 7) is 0.919. The summed E-state index contributed by atoms with van der Waals surface area (Å²) in [7, 11) is 0. The number of halogens is 1. The van der Waals surface area contributed by atoms with Crippen molar-refractivity contribution >= 4 is 11.6 Å². The first-order chi connectivity index (χ1) is 8.28. The van der Waals surface area contributed by atoms with Crippen LogP contribution >= 0.6 is 11.6 Å². The second-order valence-corrected chi connectivity index (χ2v) is 4.80. The Bertz CT molecular complexity index is 411. The molecule has 90 valence electrons. The highest BCUT2D eigenvalue weighted by Crippen LogP contribution is 2.17. The Kier molecular flexibility index (Phi) is 4.26. The van der Waals surface area contributed by atoms with Crippen molar-refractivity contribution in [1.82, 2.24) is 5.32 Å². The molecule has 1 aliphatic heterocycles. The van der Waals surface area contributed by atoms with Crippen LogP contribution in [0.25, 0.3) is 10.4 Å². The van der Waals surface area contributed by atoms with Gasteiger partial charge >= 0.3 is 0 Å². The van der Waals surface area contributed by atoms with E-state index in [1.165, 1.54) is 5.56 Å². The molecule has 0 amide bonds. The molecule has 1 aliphatic rings. The Balaban J connectivity index is 1.94. The average Bonchev–Trinajstić information content (AvgIpc) is 2.33. The molecule has 0 saturated carbocycles. The summed E-state index contributed by atoms with van der Waals surface area (Å²) in [4.78, 5) is 2.89. The third-order valence-electron chi connectivity index (χ3n) is 3.08. The summed E-state index contributed by atoms with van der Waals surface area (Å²) in [5.41, 5.74) is 9.71. The zero-order valence-corrected chi connectivity index (χ0v) is 10.3. The molecule has 0 unspecified atom stereocenters. The molecule has 1 aromatic carbocycles. The highest BCUT2D eigenvalue weighted by molar-refractivity contribution is 6.30. The predicted octanol–water partition coefficient (Wildman–Crippen LogP) is 3.31. The van der Waals surface area contributed by atoms with Crippen molar-refractivity contribution in [2.75, 3.05) is 6.54 Å². The van der Waals surface area contributed by atoms with Gasteiger partial charge in [-0.2, -0.15) is 0 Å². The second kappa shape index (κ2) is 5.92. The maximum atomic E-state index is 8.45. The molecule has 2 rings (SSSR count). The van der Waals surface area contributed by atoms with E-state index in [1.54, 1.807) is 0 Å². The minimum atomic E-state index is 0.138. The lowest BCUT2D eigenvalue weighted by molar-refractivity contribution is 0.360. The summed E-state index contributed by atoms with van der Waals surface area (Å²) in [5.74, 6) is 0. The van der Waals surface area contributed by atoms with Crippen molar-refractivity contribution in [2.24, 2.45) is 5.11 Å². The van der Waals surface area contributed by atoms with Crippen LogP contribution < -0.4 is 5.32 Å². The van der Waals surface area contributed by atoms with E-state index in [1.807, 2.05) is 24.3 Å². The van der Waals surface area contributed by atoms with Gasteiger partial charge in [0.2, 0.25) is 0 Å². The van der Waals surface area contributed by atoms with Crippen molar-refractivity contribution in [3.8, 4) is 0 Å². The maximum absolute atomic E-state index is 8.45. The summed E-state index contributed by atoms with van der Waals surface area (Å²) < 4.78 is 0. The van der Waals surface area contributed by atoms with Gasteiger partial charge in [0, 0.05) is 22.0 Å². The number of nitrogens with zero attached hydrogens (tertiary/aromatic N) is 3. The lowest BCUT2D eigenvalue weighted by Gasteiger charge is -2.27. The molecule has 0 spiro atoms. The van der Waals surface area contributed by atoms with E-state index < -0.39 is 0 Å². The van der Waals surface area contributed by atoms with Crippen LogP contribution in [0.2, 0.25) is 5.02 Å². The second-order valence-electron chi connectivity index (χ2n) is 4.36. The molecule has 1 N–H and O–H groups in total. The Hall–Kier alpha value is -1.22. The minimum Gasteiger partial charge on any atom is -0.314 e. The normalized spacial score (nSPS) is 24.1. The van der Waals surface area contributed by atoms with Crippen LogP contribution in [0.3, 0.4) is 0 Å². The Morgan fingerprint density at radius 3 is 2.88 bits per heavy atom. The smallest absolute Gasteiger partial charge is 0.0406 e. The number of azide groups is 1. The number of piperidine rings is 1. The van der Waals surface area contributed by atoms with E-state index in [9.17, 15) is 0 Å². The molecule has 0 bridgehead atoms. The fraction of sp³-hybridized carbons (Fsp3) is 0.500. The highest BCUT2D eigenvalue weighted by atomic mass is 35.5. The zero-order valence-electron chi connectivity index (χ0n) is 9.51. The van der Waals surface area contributed by atoms with Crippen LogP contribution in [0.4, 0.5) is 0 Å². The zero-order chi connectivity index (χ0) is 12.1. The molecule has 1 aromatic rings.